The van der Waals surface area contributed by atoms with E-state index in [-0.39, 0.29) is 0 Å². The van der Waals surface area contributed by atoms with Gasteiger partial charge in [-0.2, -0.15) is 0 Å². The summed E-state index contributed by atoms with van der Waals surface area (Å²) in [6, 6.07) is 13.3. The number of anilines is 2. The van der Waals surface area contributed by atoms with E-state index in [9.17, 15) is 5.02 Å². The second-order valence-corrected chi connectivity index (χ2v) is 4.73. The molecule has 0 aliphatic carbocycles. The molecule has 1 aliphatic rings. The van der Waals surface area contributed by atoms with Gasteiger partial charge in [0, 0.05) is 18.4 Å². The molecule has 0 bridgehead atoms. The van der Waals surface area contributed by atoms with Gasteiger partial charge in [0.15, 0.2) is 5.69 Å². The summed E-state index contributed by atoms with van der Waals surface area (Å²) in [6.45, 7) is 11.4. The van der Waals surface area contributed by atoms with Crippen LogP contribution in [0, 0.1) is 6.57 Å². The number of hydrogen-bond donors (Lipinski definition) is 1. The first kappa shape index (κ1) is 16.1. The molecule has 3 rings (SSSR count). The van der Waals surface area contributed by atoms with Crippen LogP contribution in [0.15, 0.2) is 42.5 Å². The van der Waals surface area contributed by atoms with Crippen LogP contribution >= 0.6 is 0 Å². The SMILES string of the molecule is CC.[C-]#[N+]c1ccc(N(C)c2ccc3c(c2)COB3O)cc1. The highest BCUT2D eigenvalue weighted by molar-refractivity contribution is 6.61. The van der Waals surface area contributed by atoms with Crippen molar-refractivity contribution in [2.24, 2.45) is 0 Å². The van der Waals surface area contributed by atoms with Crippen LogP contribution in [0.5, 0.6) is 0 Å². The first-order valence-corrected chi connectivity index (χ1v) is 7.33. The van der Waals surface area contributed by atoms with Crippen molar-refractivity contribution >= 4 is 29.6 Å². The Morgan fingerprint density at radius 3 is 2.41 bits per heavy atom. The number of fused-ring (bicyclic) bond motifs is 1. The third-order valence-corrected chi connectivity index (χ3v) is 3.54. The van der Waals surface area contributed by atoms with Gasteiger partial charge >= 0.3 is 7.12 Å². The Labute approximate surface area is 131 Å². The molecule has 0 unspecified atom stereocenters. The molecule has 22 heavy (non-hydrogen) atoms. The molecule has 1 N–H and O–H groups in total. The molecule has 4 nitrogen and oxygen atoms in total. The Kier molecular flexibility index (Phi) is 5.21. The zero-order chi connectivity index (χ0) is 16.1. The Morgan fingerprint density at radius 1 is 1.14 bits per heavy atom. The van der Waals surface area contributed by atoms with E-state index in [0.717, 1.165) is 22.4 Å². The smallest absolute Gasteiger partial charge is 0.423 e. The fourth-order valence-electron chi connectivity index (χ4n) is 2.33. The average Bonchev–Trinajstić information content (AvgIpc) is 2.96. The summed E-state index contributed by atoms with van der Waals surface area (Å²) in [6.07, 6.45) is 0. The topological polar surface area (TPSA) is 37.1 Å². The van der Waals surface area contributed by atoms with Gasteiger partial charge in [-0.05, 0) is 35.3 Å². The molecule has 2 aromatic rings. The molecule has 0 spiro atoms. The Hall–Kier alpha value is -2.29. The maximum absolute atomic E-state index is 9.62. The molecule has 0 amide bonds. The van der Waals surface area contributed by atoms with Crippen molar-refractivity contribution in [2.75, 3.05) is 11.9 Å². The van der Waals surface area contributed by atoms with Gasteiger partial charge in [-0.1, -0.05) is 32.0 Å². The first-order chi connectivity index (χ1) is 10.7. The minimum absolute atomic E-state index is 0.439. The molecule has 5 heteroatoms. The minimum atomic E-state index is -0.803. The van der Waals surface area contributed by atoms with E-state index >= 15 is 0 Å². The van der Waals surface area contributed by atoms with Crippen LogP contribution in [-0.2, 0) is 11.3 Å². The lowest BCUT2D eigenvalue weighted by molar-refractivity contribution is 0.275. The summed E-state index contributed by atoms with van der Waals surface area (Å²) < 4.78 is 5.20. The molecule has 0 aromatic heterocycles. The van der Waals surface area contributed by atoms with Crippen LogP contribution in [0.4, 0.5) is 17.1 Å². The summed E-state index contributed by atoms with van der Waals surface area (Å²) in [5, 5.41) is 9.62. The van der Waals surface area contributed by atoms with Crippen LogP contribution in [0.2, 0.25) is 0 Å². The van der Waals surface area contributed by atoms with Gasteiger partial charge in [0.1, 0.15) is 0 Å². The molecular formula is C17H19BN2O2. The lowest BCUT2D eigenvalue weighted by Crippen LogP contribution is -2.28. The van der Waals surface area contributed by atoms with E-state index in [2.05, 4.69) is 4.85 Å². The Balaban J connectivity index is 0.000000847. The number of benzene rings is 2. The van der Waals surface area contributed by atoms with E-state index in [1.54, 1.807) is 12.1 Å². The Morgan fingerprint density at radius 2 is 1.77 bits per heavy atom. The van der Waals surface area contributed by atoms with Gasteiger partial charge in [-0.25, -0.2) is 4.85 Å². The van der Waals surface area contributed by atoms with Crippen molar-refractivity contribution in [2.45, 2.75) is 20.5 Å². The maximum atomic E-state index is 9.62. The quantitative estimate of drug-likeness (QED) is 0.682. The van der Waals surface area contributed by atoms with E-state index in [0.29, 0.717) is 12.3 Å². The van der Waals surface area contributed by atoms with Crippen LogP contribution in [0.1, 0.15) is 19.4 Å². The molecular weight excluding hydrogens is 275 g/mol. The lowest BCUT2D eigenvalue weighted by Gasteiger charge is -2.20. The standard InChI is InChI=1S/C15H13BN2O2.C2H6/c1-17-12-3-5-13(6-4-12)18(2)14-7-8-15-11(9-14)10-20-16(15)19;1-2/h3-9,19H,10H2,2H3;1-2H3. The Bertz CT molecular complexity index is 680. The third-order valence-electron chi connectivity index (χ3n) is 3.54. The maximum Gasteiger partial charge on any atom is 0.491 e. The molecule has 1 heterocycles. The zero-order valence-electron chi connectivity index (χ0n) is 13.1. The molecule has 1 aliphatic heterocycles. The summed E-state index contributed by atoms with van der Waals surface area (Å²) in [5.74, 6) is 0. The van der Waals surface area contributed by atoms with Crippen molar-refractivity contribution in [3.8, 4) is 0 Å². The number of rotatable bonds is 2. The summed E-state index contributed by atoms with van der Waals surface area (Å²) in [4.78, 5) is 5.43. The molecule has 0 saturated heterocycles. The summed E-state index contributed by atoms with van der Waals surface area (Å²) in [5.41, 5.74) is 4.52. The second kappa shape index (κ2) is 7.12. The van der Waals surface area contributed by atoms with Crippen molar-refractivity contribution in [3.05, 3.63) is 59.4 Å². The molecule has 0 radical (unpaired) electrons. The lowest BCUT2D eigenvalue weighted by atomic mass is 9.79. The van der Waals surface area contributed by atoms with Gasteiger partial charge in [-0.3, -0.25) is 0 Å². The van der Waals surface area contributed by atoms with Crippen molar-refractivity contribution < 1.29 is 9.68 Å². The molecule has 0 saturated carbocycles. The normalized spacial score (nSPS) is 12.0. The third kappa shape index (κ3) is 3.14. The van der Waals surface area contributed by atoms with Gasteiger partial charge in [0.2, 0.25) is 0 Å². The van der Waals surface area contributed by atoms with Gasteiger partial charge in [0.05, 0.1) is 13.2 Å². The highest BCUT2D eigenvalue weighted by atomic mass is 16.5. The average molecular weight is 294 g/mol. The van der Waals surface area contributed by atoms with Gasteiger partial charge < -0.3 is 14.6 Å². The summed E-state index contributed by atoms with van der Waals surface area (Å²) >= 11 is 0. The van der Waals surface area contributed by atoms with Crippen LogP contribution in [0.25, 0.3) is 4.85 Å². The van der Waals surface area contributed by atoms with Crippen molar-refractivity contribution in [3.63, 3.8) is 0 Å². The van der Waals surface area contributed by atoms with Crippen LogP contribution in [-0.4, -0.2) is 19.2 Å². The van der Waals surface area contributed by atoms with E-state index in [1.807, 2.05) is 56.1 Å². The molecule has 0 fully saturated rings. The van der Waals surface area contributed by atoms with Gasteiger partial charge in [0.25, 0.3) is 0 Å². The zero-order valence-corrected chi connectivity index (χ0v) is 13.1. The fraction of sp³-hybridized carbons (Fsp3) is 0.235. The van der Waals surface area contributed by atoms with Crippen molar-refractivity contribution in [1.29, 1.82) is 0 Å². The molecule has 112 valence electrons. The fourth-order valence-corrected chi connectivity index (χ4v) is 2.33. The number of nitrogens with zero attached hydrogens (tertiary/aromatic N) is 2. The predicted octanol–water partition coefficient (Wildman–Crippen LogP) is 3.25. The van der Waals surface area contributed by atoms with Gasteiger partial charge in [-0.15, -0.1) is 0 Å². The highest BCUT2D eigenvalue weighted by Crippen LogP contribution is 2.27. The first-order valence-electron chi connectivity index (χ1n) is 7.33. The summed E-state index contributed by atoms with van der Waals surface area (Å²) in [7, 11) is 1.17. The van der Waals surface area contributed by atoms with Crippen LogP contribution < -0.4 is 10.4 Å². The van der Waals surface area contributed by atoms with Crippen molar-refractivity contribution in [1.82, 2.24) is 0 Å². The highest BCUT2D eigenvalue weighted by Gasteiger charge is 2.27. The predicted molar refractivity (Wildman–Crippen MR) is 91.0 cm³/mol. The van der Waals surface area contributed by atoms with E-state index < -0.39 is 7.12 Å². The van der Waals surface area contributed by atoms with E-state index in [1.165, 1.54) is 0 Å². The molecule has 2 aromatic carbocycles. The minimum Gasteiger partial charge on any atom is -0.423 e. The number of hydrogen-bond acceptors (Lipinski definition) is 3. The molecule has 0 atom stereocenters. The van der Waals surface area contributed by atoms with E-state index in [4.69, 9.17) is 11.2 Å². The monoisotopic (exact) mass is 294 g/mol. The van der Waals surface area contributed by atoms with Crippen LogP contribution in [0.3, 0.4) is 0 Å². The largest absolute Gasteiger partial charge is 0.491 e. The second-order valence-electron chi connectivity index (χ2n) is 4.73.